The first-order valence-electron chi connectivity index (χ1n) is 7.46. The first-order chi connectivity index (χ1) is 8.77. The van der Waals surface area contributed by atoms with E-state index in [2.05, 4.69) is 30.6 Å². The van der Waals surface area contributed by atoms with Gasteiger partial charge in [0.05, 0.1) is 12.9 Å². The largest absolute Gasteiger partial charge is 0.502 e. The average Bonchev–Trinajstić information content (AvgIpc) is 2.39. The Morgan fingerprint density at radius 3 is 3.11 bits per heavy atom. The summed E-state index contributed by atoms with van der Waals surface area (Å²) in [6.07, 6.45) is 6.58. The quantitative estimate of drug-likeness (QED) is 0.506. The summed E-state index contributed by atoms with van der Waals surface area (Å²) in [7, 11) is 0. The SMILES string of the molecule is C=COCCCNC(C)C1CCCN(CCC)C1. The van der Waals surface area contributed by atoms with Crippen molar-refractivity contribution in [3.05, 3.63) is 12.8 Å². The number of likely N-dealkylation sites (tertiary alicyclic amines) is 1. The van der Waals surface area contributed by atoms with Crippen molar-refractivity contribution in [1.82, 2.24) is 10.2 Å². The summed E-state index contributed by atoms with van der Waals surface area (Å²) in [5, 5.41) is 3.63. The molecule has 3 nitrogen and oxygen atoms in total. The minimum atomic E-state index is 0.619. The van der Waals surface area contributed by atoms with Gasteiger partial charge in [0, 0.05) is 12.6 Å². The summed E-state index contributed by atoms with van der Waals surface area (Å²) in [6.45, 7) is 13.8. The molecule has 1 aliphatic heterocycles. The van der Waals surface area contributed by atoms with Crippen molar-refractivity contribution in [3.8, 4) is 0 Å². The van der Waals surface area contributed by atoms with Gasteiger partial charge in [0.25, 0.3) is 0 Å². The van der Waals surface area contributed by atoms with E-state index in [9.17, 15) is 0 Å². The zero-order valence-corrected chi connectivity index (χ0v) is 12.2. The predicted octanol–water partition coefficient (Wildman–Crippen LogP) is 2.64. The first kappa shape index (κ1) is 15.5. The summed E-state index contributed by atoms with van der Waals surface area (Å²) in [5.74, 6) is 0.811. The Morgan fingerprint density at radius 1 is 1.56 bits per heavy atom. The molecule has 106 valence electrons. The molecule has 1 saturated heterocycles. The van der Waals surface area contributed by atoms with Crippen LogP contribution in [-0.4, -0.2) is 43.7 Å². The van der Waals surface area contributed by atoms with Gasteiger partial charge in [-0.1, -0.05) is 13.5 Å². The summed E-state index contributed by atoms with van der Waals surface area (Å²) in [5.41, 5.74) is 0. The standard InChI is InChI=1S/C15H30N2O/c1-4-10-17-11-6-8-15(13-17)14(3)16-9-7-12-18-5-2/h5,14-16H,2,4,6-13H2,1,3H3. The Morgan fingerprint density at radius 2 is 2.39 bits per heavy atom. The second kappa shape index (κ2) is 9.40. The van der Waals surface area contributed by atoms with E-state index < -0.39 is 0 Å². The molecule has 2 unspecified atom stereocenters. The van der Waals surface area contributed by atoms with Gasteiger partial charge in [0.1, 0.15) is 0 Å². The maximum absolute atomic E-state index is 5.13. The van der Waals surface area contributed by atoms with E-state index in [-0.39, 0.29) is 0 Å². The monoisotopic (exact) mass is 254 g/mol. The van der Waals surface area contributed by atoms with E-state index >= 15 is 0 Å². The summed E-state index contributed by atoms with van der Waals surface area (Å²) >= 11 is 0. The third kappa shape index (κ3) is 5.87. The molecule has 18 heavy (non-hydrogen) atoms. The number of piperidine rings is 1. The Labute approximate surface area is 113 Å². The number of ether oxygens (including phenoxy) is 1. The van der Waals surface area contributed by atoms with Crippen LogP contribution in [0.25, 0.3) is 0 Å². The molecule has 0 bridgehead atoms. The zero-order valence-electron chi connectivity index (χ0n) is 12.2. The Balaban J connectivity index is 2.15. The highest BCUT2D eigenvalue weighted by Crippen LogP contribution is 2.19. The lowest BCUT2D eigenvalue weighted by Crippen LogP contribution is -2.44. The molecule has 0 radical (unpaired) electrons. The van der Waals surface area contributed by atoms with Gasteiger partial charge in [0.2, 0.25) is 0 Å². The minimum Gasteiger partial charge on any atom is -0.502 e. The normalized spacial score (nSPS) is 22.7. The predicted molar refractivity (Wildman–Crippen MR) is 77.7 cm³/mol. The van der Waals surface area contributed by atoms with Crippen molar-refractivity contribution < 1.29 is 4.74 Å². The summed E-state index contributed by atoms with van der Waals surface area (Å²) in [6, 6.07) is 0.619. The van der Waals surface area contributed by atoms with Gasteiger partial charge >= 0.3 is 0 Å². The molecule has 2 atom stereocenters. The number of nitrogens with one attached hydrogen (secondary N) is 1. The fourth-order valence-electron chi connectivity index (χ4n) is 2.75. The maximum Gasteiger partial charge on any atom is 0.0885 e. The molecule has 1 fully saturated rings. The Kier molecular flexibility index (Phi) is 8.10. The van der Waals surface area contributed by atoms with Crippen molar-refractivity contribution in [2.24, 2.45) is 5.92 Å². The second-order valence-electron chi connectivity index (χ2n) is 5.34. The lowest BCUT2D eigenvalue weighted by atomic mass is 9.91. The van der Waals surface area contributed by atoms with Crippen LogP contribution >= 0.6 is 0 Å². The van der Waals surface area contributed by atoms with E-state index in [0.29, 0.717) is 6.04 Å². The third-order valence-electron chi connectivity index (χ3n) is 3.81. The number of hydrogen-bond donors (Lipinski definition) is 1. The zero-order chi connectivity index (χ0) is 13.2. The molecule has 0 spiro atoms. The number of nitrogens with zero attached hydrogens (tertiary/aromatic N) is 1. The van der Waals surface area contributed by atoms with Gasteiger partial charge in [-0.15, -0.1) is 0 Å². The fraction of sp³-hybridized carbons (Fsp3) is 0.867. The Bertz CT molecular complexity index is 219. The molecule has 3 heteroatoms. The van der Waals surface area contributed by atoms with Crippen LogP contribution in [0, 0.1) is 5.92 Å². The maximum atomic E-state index is 5.13. The molecule has 0 saturated carbocycles. The van der Waals surface area contributed by atoms with Crippen LogP contribution in [0.3, 0.4) is 0 Å². The van der Waals surface area contributed by atoms with Crippen LogP contribution in [0.2, 0.25) is 0 Å². The van der Waals surface area contributed by atoms with Crippen LogP contribution < -0.4 is 5.32 Å². The summed E-state index contributed by atoms with van der Waals surface area (Å²) in [4.78, 5) is 2.62. The van der Waals surface area contributed by atoms with E-state index in [0.717, 1.165) is 25.5 Å². The first-order valence-corrected chi connectivity index (χ1v) is 7.46. The highest BCUT2D eigenvalue weighted by molar-refractivity contribution is 4.80. The molecular formula is C15H30N2O. The number of rotatable bonds is 9. The molecule has 0 amide bonds. The van der Waals surface area contributed by atoms with Gasteiger partial charge in [0.15, 0.2) is 0 Å². The average molecular weight is 254 g/mol. The van der Waals surface area contributed by atoms with Gasteiger partial charge in [-0.3, -0.25) is 0 Å². The van der Waals surface area contributed by atoms with E-state index in [1.807, 2.05) is 0 Å². The molecular weight excluding hydrogens is 224 g/mol. The van der Waals surface area contributed by atoms with Crippen molar-refractivity contribution in [3.63, 3.8) is 0 Å². The van der Waals surface area contributed by atoms with Crippen LogP contribution in [0.1, 0.15) is 39.5 Å². The van der Waals surface area contributed by atoms with Crippen molar-refractivity contribution in [2.75, 3.05) is 32.8 Å². The van der Waals surface area contributed by atoms with E-state index in [1.165, 1.54) is 45.2 Å². The minimum absolute atomic E-state index is 0.619. The van der Waals surface area contributed by atoms with Crippen molar-refractivity contribution >= 4 is 0 Å². The van der Waals surface area contributed by atoms with Crippen LogP contribution in [0.15, 0.2) is 12.8 Å². The number of hydrogen-bond acceptors (Lipinski definition) is 3. The van der Waals surface area contributed by atoms with Gasteiger partial charge in [-0.05, 0) is 58.2 Å². The molecule has 1 heterocycles. The molecule has 0 aromatic rings. The molecule has 0 aromatic heterocycles. The molecule has 1 N–H and O–H groups in total. The highest BCUT2D eigenvalue weighted by Gasteiger charge is 2.23. The van der Waals surface area contributed by atoms with Crippen LogP contribution in [0.4, 0.5) is 0 Å². The van der Waals surface area contributed by atoms with E-state index in [1.54, 1.807) is 0 Å². The van der Waals surface area contributed by atoms with Crippen LogP contribution in [-0.2, 0) is 4.74 Å². The Hall–Kier alpha value is -0.540. The van der Waals surface area contributed by atoms with Gasteiger partial charge < -0.3 is 15.0 Å². The van der Waals surface area contributed by atoms with Crippen molar-refractivity contribution in [1.29, 1.82) is 0 Å². The topological polar surface area (TPSA) is 24.5 Å². The lowest BCUT2D eigenvalue weighted by Gasteiger charge is -2.36. The summed E-state index contributed by atoms with van der Waals surface area (Å²) < 4.78 is 5.13. The fourth-order valence-corrected chi connectivity index (χ4v) is 2.75. The third-order valence-corrected chi connectivity index (χ3v) is 3.81. The van der Waals surface area contributed by atoms with E-state index in [4.69, 9.17) is 4.74 Å². The highest BCUT2D eigenvalue weighted by atomic mass is 16.5. The molecule has 1 aliphatic rings. The van der Waals surface area contributed by atoms with Gasteiger partial charge in [-0.25, -0.2) is 0 Å². The van der Waals surface area contributed by atoms with Crippen LogP contribution in [0.5, 0.6) is 0 Å². The van der Waals surface area contributed by atoms with Gasteiger partial charge in [-0.2, -0.15) is 0 Å². The lowest BCUT2D eigenvalue weighted by molar-refractivity contribution is 0.149. The molecule has 1 rings (SSSR count). The van der Waals surface area contributed by atoms with Crippen molar-refractivity contribution in [2.45, 2.75) is 45.6 Å². The molecule has 0 aromatic carbocycles. The molecule has 0 aliphatic carbocycles. The smallest absolute Gasteiger partial charge is 0.0885 e. The second-order valence-corrected chi connectivity index (χ2v) is 5.34.